The first kappa shape index (κ1) is 27.5. The molecule has 0 spiro atoms. The van der Waals surface area contributed by atoms with Gasteiger partial charge in [0.2, 0.25) is 0 Å². The molecule has 0 saturated heterocycles. The average Bonchev–Trinajstić information content (AvgIpc) is 2.87. The van der Waals surface area contributed by atoms with Gasteiger partial charge in [0.15, 0.2) is 0 Å². The number of hydroxylamine groups is 1. The molecule has 0 atom stereocenters. The monoisotopic (exact) mass is 564 g/mol. The van der Waals surface area contributed by atoms with Crippen molar-refractivity contribution in [1.82, 2.24) is 19.4 Å². The van der Waals surface area contributed by atoms with Crippen LogP contribution in [0.1, 0.15) is 16.8 Å². The Bertz CT molecular complexity index is 1750. The number of pyridine rings is 1. The number of carbonyl (C=O) groups excluding carboxylic acids is 1. The van der Waals surface area contributed by atoms with Crippen molar-refractivity contribution in [2.24, 2.45) is 0 Å². The molecule has 0 fully saturated rings. The highest BCUT2D eigenvalue weighted by Crippen LogP contribution is 2.25. The van der Waals surface area contributed by atoms with Crippen molar-refractivity contribution in [2.75, 3.05) is 0 Å². The first-order chi connectivity index (χ1) is 18.3. The number of hydrogen-bond donors (Lipinski definition) is 2. The van der Waals surface area contributed by atoms with Gasteiger partial charge in [-0.2, -0.15) is 13.2 Å². The highest BCUT2D eigenvalue weighted by atomic mass is 32.2. The van der Waals surface area contributed by atoms with Crippen molar-refractivity contribution in [3.8, 4) is 5.75 Å². The maximum Gasteiger partial charge on any atom is 0.492 e. The summed E-state index contributed by atoms with van der Waals surface area (Å²) in [6, 6.07) is 13.9. The number of hydrogen-bond acceptors (Lipinski definition) is 8. The Morgan fingerprint density at radius 2 is 1.74 bits per heavy atom. The molecule has 0 aliphatic rings. The van der Waals surface area contributed by atoms with Gasteiger partial charge >= 0.3 is 17.8 Å². The highest BCUT2D eigenvalue weighted by Gasteiger charge is 2.44. The maximum atomic E-state index is 13.1. The van der Waals surface area contributed by atoms with Gasteiger partial charge in [-0.05, 0) is 47.8 Å². The summed E-state index contributed by atoms with van der Waals surface area (Å²) in [6.45, 7) is 0.817. The van der Waals surface area contributed by atoms with E-state index < -0.39 is 50.4 Å². The average molecular weight is 564 g/mol. The summed E-state index contributed by atoms with van der Waals surface area (Å²) < 4.78 is 70.2. The fourth-order valence-corrected chi connectivity index (χ4v) is 4.70. The fourth-order valence-electron chi connectivity index (χ4n) is 3.51. The van der Waals surface area contributed by atoms with Crippen LogP contribution in [0.2, 0.25) is 0 Å². The Labute approximate surface area is 217 Å². The lowest BCUT2D eigenvalue weighted by Crippen LogP contribution is -2.39. The van der Waals surface area contributed by atoms with Crippen LogP contribution in [-0.2, 0) is 32.8 Å². The zero-order valence-corrected chi connectivity index (χ0v) is 20.8. The smallest absolute Gasteiger partial charge is 0.489 e. The number of fused-ring (bicyclic) bond motifs is 1. The minimum atomic E-state index is -5.53. The van der Waals surface area contributed by atoms with E-state index in [0.717, 1.165) is 40.5 Å². The quantitative estimate of drug-likeness (QED) is 0.310. The van der Waals surface area contributed by atoms with Gasteiger partial charge in [0.1, 0.15) is 12.4 Å². The summed E-state index contributed by atoms with van der Waals surface area (Å²) in [5, 5.41) is 0.863. The second-order valence-electron chi connectivity index (χ2n) is 8.14. The standard InChI is InChI=1S/C24H19F3N4O7S/c1-14-10-15(19-4-2-3-5-20(19)29-14)13-37-17-6-8-18(9-7-17)39(35,36)31(38-22(33)24(25,26)27)12-16-11-28-23(34)30-21(16)32/h2-11H,12-13H2,1H3,(H2,28,30,32,34). The van der Waals surface area contributed by atoms with Gasteiger partial charge in [0.05, 0.1) is 22.5 Å². The predicted octanol–water partition coefficient (Wildman–Crippen LogP) is 2.71. The summed E-state index contributed by atoms with van der Waals surface area (Å²) in [5.74, 6) is -2.59. The van der Waals surface area contributed by atoms with Gasteiger partial charge in [-0.1, -0.05) is 18.2 Å². The molecule has 0 radical (unpaired) electrons. The van der Waals surface area contributed by atoms with Crippen molar-refractivity contribution in [1.29, 1.82) is 0 Å². The van der Waals surface area contributed by atoms with Crippen LogP contribution in [-0.4, -0.2) is 40.0 Å². The summed E-state index contributed by atoms with van der Waals surface area (Å²) in [5.41, 5.74) is -0.157. The van der Waals surface area contributed by atoms with Gasteiger partial charge in [-0.3, -0.25) is 14.8 Å². The van der Waals surface area contributed by atoms with Crippen LogP contribution in [0.4, 0.5) is 13.2 Å². The lowest BCUT2D eigenvalue weighted by atomic mass is 10.1. The molecule has 4 aromatic rings. The molecule has 0 bridgehead atoms. The summed E-state index contributed by atoms with van der Waals surface area (Å²) in [6.07, 6.45) is -4.75. The molecule has 0 unspecified atom stereocenters. The van der Waals surface area contributed by atoms with Crippen LogP contribution >= 0.6 is 0 Å². The maximum absolute atomic E-state index is 13.1. The molecule has 2 heterocycles. The minimum absolute atomic E-state index is 0.111. The van der Waals surface area contributed by atoms with Crippen LogP contribution in [0.5, 0.6) is 5.75 Å². The first-order valence-electron chi connectivity index (χ1n) is 11.1. The number of ether oxygens (including phenoxy) is 1. The second kappa shape index (κ2) is 10.7. The van der Waals surface area contributed by atoms with Gasteiger partial charge in [0.25, 0.3) is 15.6 Å². The highest BCUT2D eigenvalue weighted by molar-refractivity contribution is 7.89. The van der Waals surface area contributed by atoms with E-state index in [1.165, 1.54) is 12.1 Å². The number of rotatable bonds is 8. The van der Waals surface area contributed by atoms with E-state index in [1.807, 2.05) is 37.3 Å². The van der Waals surface area contributed by atoms with Crippen molar-refractivity contribution < 1.29 is 36.0 Å². The molecule has 39 heavy (non-hydrogen) atoms. The number of halogens is 3. The molecule has 204 valence electrons. The Hall–Kier alpha value is -4.50. The fraction of sp³-hybridized carbons (Fsp3) is 0.167. The van der Waals surface area contributed by atoms with Crippen LogP contribution < -0.4 is 16.0 Å². The van der Waals surface area contributed by atoms with E-state index in [-0.39, 0.29) is 16.8 Å². The number of sulfonamides is 1. The van der Waals surface area contributed by atoms with Crippen molar-refractivity contribution in [3.63, 3.8) is 0 Å². The molecule has 0 saturated carbocycles. The van der Waals surface area contributed by atoms with Crippen LogP contribution in [0.3, 0.4) is 0 Å². The van der Waals surface area contributed by atoms with Crippen molar-refractivity contribution >= 4 is 26.9 Å². The molecule has 2 aromatic heterocycles. The molecule has 0 aliphatic heterocycles. The number of nitrogens with one attached hydrogen (secondary N) is 2. The van der Waals surface area contributed by atoms with Crippen LogP contribution in [0, 0.1) is 6.92 Å². The summed E-state index contributed by atoms with van der Waals surface area (Å²) in [7, 11) is -4.92. The molecule has 0 amide bonds. The third-order valence-corrected chi connectivity index (χ3v) is 6.93. The molecular weight excluding hydrogens is 545 g/mol. The number of H-pyrrole nitrogens is 2. The summed E-state index contributed by atoms with van der Waals surface area (Å²) >= 11 is 0. The van der Waals surface area contributed by atoms with E-state index in [1.54, 1.807) is 4.98 Å². The van der Waals surface area contributed by atoms with Gasteiger partial charge in [0, 0.05) is 22.8 Å². The van der Waals surface area contributed by atoms with E-state index >= 15 is 0 Å². The molecule has 15 heteroatoms. The van der Waals surface area contributed by atoms with Crippen molar-refractivity contribution in [3.05, 3.63) is 98.5 Å². The minimum Gasteiger partial charge on any atom is -0.489 e. The number of aromatic nitrogens is 3. The molecule has 4 rings (SSSR count). The zero-order valence-electron chi connectivity index (χ0n) is 20.0. The molecule has 11 nitrogen and oxygen atoms in total. The van der Waals surface area contributed by atoms with Gasteiger partial charge in [-0.25, -0.2) is 18.0 Å². The number of aromatic amines is 2. The van der Waals surface area contributed by atoms with Crippen molar-refractivity contribution in [2.45, 2.75) is 31.1 Å². The first-order valence-corrected chi connectivity index (χ1v) is 12.5. The Morgan fingerprint density at radius 1 is 1.05 bits per heavy atom. The molecule has 2 N–H and O–H groups in total. The van der Waals surface area contributed by atoms with Gasteiger partial charge in [-0.15, -0.1) is 0 Å². The topological polar surface area (TPSA) is 152 Å². The number of nitrogens with zero attached hydrogens (tertiary/aromatic N) is 2. The number of para-hydroxylation sites is 1. The Kier molecular flexibility index (Phi) is 7.56. The van der Waals surface area contributed by atoms with Crippen LogP contribution in [0.15, 0.2) is 75.3 Å². The van der Waals surface area contributed by atoms with Gasteiger partial charge < -0.3 is 14.6 Å². The Morgan fingerprint density at radius 3 is 2.41 bits per heavy atom. The van der Waals surface area contributed by atoms with Crippen LogP contribution in [0.25, 0.3) is 10.9 Å². The van der Waals surface area contributed by atoms with E-state index in [0.29, 0.717) is 0 Å². The zero-order chi connectivity index (χ0) is 28.4. The number of alkyl halides is 3. The summed E-state index contributed by atoms with van der Waals surface area (Å²) in [4.78, 5) is 46.5. The van der Waals surface area contributed by atoms with E-state index in [2.05, 4.69) is 14.8 Å². The lowest BCUT2D eigenvalue weighted by Gasteiger charge is -2.21. The molecular formula is C24H19F3N4O7S. The lowest BCUT2D eigenvalue weighted by molar-refractivity contribution is -0.223. The number of aryl methyl sites for hydroxylation is 1. The molecule has 0 aliphatic carbocycles. The van der Waals surface area contributed by atoms with E-state index in [9.17, 15) is 36.0 Å². The third kappa shape index (κ3) is 6.32. The number of carbonyl (C=O) groups is 1. The Balaban J connectivity index is 1.58. The van der Waals surface area contributed by atoms with E-state index in [4.69, 9.17) is 4.74 Å². The molecule has 2 aromatic carbocycles. The predicted molar refractivity (Wildman–Crippen MR) is 130 cm³/mol. The third-order valence-electron chi connectivity index (χ3n) is 5.33. The second-order valence-corrected chi connectivity index (χ2v) is 9.97. The normalized spacial score (nSPS) is 12.0. The largest absolute Gasteiger partial charge is 0.492 e. The number of benzene rings is 2. The SMILES string of the molecule is Cc1cc(COc2ccc(S(=O)(=O)N(Cc3c[nH]c(=O)[nH]c3=O)OC(=O)C(F)(F)F)cc2)c2ccccc2n1.